The van der Waals surface area contributed by atoms with Gasteiger partial charge in [0.1, 0.15) is 13.6 Å². The van der Waals surface area contributed by atoms with E-state index in [1.54, 1.807) is 0 Å². The smallest absolute Gasteiger partial charge is 0.146 e. The van der Waals surface area contributed by atoms with E-state index in [0.29, 0.717) is 13.6 Å². The SMILES string of the molecule is C1COCO1.C1COCO1.c1ccccc1. The summed E-state index contributed by atoms with van der Waals surface area (Å²) in [7, 11) is 0. The molecule has 2 heterocycles. The molecule has 0 bridgehead atoms. The van der Waals surface area contributed by atoms with E-state index in [1.807, 2.05) is 36.4 Å². The fourth-order valence-electron chi connectivity index (χ4n) is 0.974. The Morgan fingerprint density at radius 2 is 0.688 bits per heavy atom. The van der Waals surface area contributed by atoms with Crippen molar-refractivity contribution in [2.24, 2.45) is 0 Å². The summed E-state index contributed by atoms with van der Waals surface area (Å²) in [6.45, 7) is 4.11. The van der Waals surface area contributed by atoms with Crippen LogP contribution >= 0.6 is 0 Å². The van der Waals surface area contributed by atoms with Crippen molar-refractivity contribution in [2.75, 3.05) is 40.0 Å². The van der Waals surface area contributed by atoms with E-state index in [0.717, 1.165) is 26.4 Å². The summed E-state index contributed by atoms with van der Waals surface area (Å²) >= 11 is 0. The van der Waals surface area contributed by atoms with Crippen LogP contribution in [0.2, 0.25) is 0 Å². The molecule has 90 valence electrons. The Kier molecular flexibility index (Phi) is 8.67. The third kappa shape index (κ3) is 8.38. The predicted molar refractivity (Wildman–Crippen MR) is 60.0 cm³/mol. The van der Waals surface area contributed by atoms with Crippen molar-refractivity contribution >= 4 is 0 Å². The van der Waals surface area contributed by atoms with Crippen molar-refractivity contribution in [1.82, 2.24) is 0 Å². The summed E-state index contributed by atoms with van der Waals surface area (Å²) < 4.78 is 18.9. The molecule has 2 aliphatic heterocycles. The maximum absolute atomic E-state index is 4.72. The monoisotopic (exact) mass is 226 g/mol. The summed E-state index contributed by atoms with van der Waals surface area (Å²) in [5.74, 6) is 0. The predicted octanol–water partition coefficient (Wildman–Crippen LogP) is 1.67. The average molecular weight is 226 g/mol. The van der Waals surface area contributed by atoms with Crippen molar-refractivity contribution in [3.8, 4) is 0 Å². The van der Waals surface area contributed by atoms with Crippen LogP contribution in [0.3, 0.4) is 0 Å². The zero-order chi connectivity index (χ0) is 11.3. The van der Waals surface area contributed by atoms with Crippen LogP contribution in [0.25, 0.3) is 0 Å². The van der Waals surface area contributed by atoms with Gasteiger partial charge in [0.05, 0.1) is 26.4 Å². The third-order valence-corrected chi connectivity index (χ3v) is 1.74. The highest BCUT2D eigenvalue weighted by molar-refractivity contribution is 4.99. The molecule has 3 rings (SSSR count). The van der Waals surface area contributed by atoms with E-state index >= 15 is 0 Å². The molecule has 0 aliphatic carbocycles. The lowest BCUT2D eigenvalue weighted by molar-refractivity contribution is 0.0690. The molecular weight excluding hydrogens is 208 g/mol. The molecular formula is C12H18O4. The van der Waals surface area contributed by atoms with Gasteiger partial charge in [-0.05, 0) is 0 Å². The first-order valence-electron chi connectivity index (χ1n) is 5.31. The summed E-state index contributed by atoms with van der Waals surface area (Å²) in [6.07, 6.45) is 0. The van der Waals surface area contributed by atoms with Gasteiger partial charge in [0.2, 0.25) is 0 Å². The Morgan fingerprint density at radius 3 is 0.812 bits per heavy atom. The lowest BCUT2D eigenvalue weighted by Crippen LogP contribution is -1.79. The second-order valence-corrected chi connectivity index (χ2v) is 3.02. The molecule has 2 fully saturated rings. The fraction of sp³-hybridized carbons (Fsp3) is 0.500. The molecule has 2 aliphatic rings. The molecule has 0 atom stereocenters. The minimum atomic E-state index is 0.500. The van der Waals surface area contributed by atoms with Gasteiger partial charge in [-0.2, -0.15) is 0 Å². The highest BCUT2D eigenvalue weighted by Gasteiger charge is 1.94. The van der Waals surface area contributed by atoms with Gasteiger partial charge in [-0.25, -0.2) is 0 Å². The number of hydrogen-bond acceptors (Lipinski definition) is 4. The molecule has 0 N–H and O–H groups in total. The van der Waals surface area contributed by atoms with E-state index in [4.69, 9.17) is 18.9 Å². The average Bonchev–Trinajstić information content (AvgIpc) is 3.10. The van der Waals surface area contributed by atoms with Gasteiger partial charge >= 0.3 is 0 Å². The van der Waals surface area contributed by atoms with Crippen LogP contribution in [0.1, 0.15) is 0 Å². The first-order valence-corrected chi connectivity index (χ1v) is 5.31. The van der Waals surface area contributed by atoms with Gasteiger partial charge in [0.25, 0.3) is 0 Å². The van der Waals surface area contributed by atoms with Gasteiger partial charge in [-0.15, -0.1) is 0 Å². The van der Waals surface area contributed by atoms with Gasteiger partial charge in [0.15, 0.2) is 0 Å². The number of benzene rings is 1. The van der Waals surface area contributed by atoms with Crippen LogP contribution in [0.5, 0.6) is 0 Å². The zero-order valence-corrected chi connectivity index (χ0v) is 9.34. The van der Waals surface area contributed by atoms with Gasteiger partial charge in [-0.3, -0.25) is 0 Å². The van der Waals surface area contributed by atoms with Crippen LogP contribution in [-0.2, 0) is 18.9 Å². The maximum Gasteiger partial charge on any atom is 0.146 e. The number of ether oxygens (including phenoxy) is 4. The standard InChI is InChI=1S/C6H6.2C3H6O2/c1-2-4-6-5-3-1;2*1-2-5-3-4-1/h1-6H;2*1-3H2. The molecule has 1 aromatic rings. The van der Waals surface area contributed by atoms with Crippen molar-refractivity contribution in [3.05, 3.63) is 36.4 Å². The van der Waals surface area contributed by atoms with Crippen molar-refractivity contribution in [3.63, 3.8) is 0 Å². The zero-order valence-electron chi connectivity index (χ0n) is 9.34. The Balaban J connectivity index is 0.000000121. The molecule has 1 aromatic carbocycles. The summed E-state index contributed by atoms with van der Waals surface area (Å²) in [6, 6.07) is 12.0. The fourth-order valence-corrected chi connectivity index (χ4v) is 0.974. The quantitative estimate of drug-likeness (QED) is 0.674. The Morgan fingerprint density at radius 1 is 0.438 bits per heavy atom. The molecule has 0 amide bonds. The van der Waals surface area contributed by atoms with Crippen molar-refractivity contribution in [2.45, 2.75) is 0 Å². The van der Waals surface area contributed by atoms with E-state index in [2.05, 4.69) is 0 Å². The summed E-state index contributed by atoms with van der Waals surface area (Å²) in [5.41, 5.74) is 0. The molecule has 4 nitrogen and oxygen atoms in total. The molecule has 0 unspecified atom stereocenters. The van der Waals surface area contributed by atoms with E-state index in [9.17, 15) is 0 Å². The first-order chi connectivity index (χ1) is 8.00. The molecule has 2 saturated heterocycles. The third-order valence-electron chi connectivity index (χ3n) is 1.74. The van der Waals surface area contributed by atoms with E-state index < -0.39 is 0 Å². The molecule has 0 spiro atoms. The highest BCUT2D eigenvalue weighted by atomic mass is 16.7. The summed E-state index contributed by atoms with van der Waals surface area (Å²) in [4.78, 5) is 0. The van der Waals surface area contributed by atoms with Gasteiger partial charge < -0.3 is 18.9 Å². The minimum absolute atomic E-state index is 0.500. The largest absolute Gasteiger partial charge is 0.353 e. The molecule has 0 aromatic heterocycles. The van der Waals surface area contributed by atoms with Crippen molar-refractivity contribution < 1.29 is 18.9 Å². The van der Waals surface area contributed by atoms with Crippen LogP contribution in [0.15, 0.2) is 36.4 Å². The van der Waals surface area contributed by atoms with Crippen molar-refractivity contribution in [1.29, 1.82) is 0 Å². The topological polar surface area (TPSA) is 36.9 Å². The summed E-state index contributed by atoms with van der Waals surface area (Å²) in [5, 5.41) is 0. The van der Waals surface area contributed by atoms with E-state index in [1.165, 1.54) is 0 Å². The molecule has 0 saturated carbocycles. The van der Waals surface area contributed by atoms with Crippen LogP contribution in [-0.4, -0.2) is 40.0 Å². The second kappa shape index (κ2) is 10.6. The Bertz CT molecular complexity index is 168. The first kappa shape index (κ1) is 13.1. The lowest BCUT2D eigenvalue weighted by atomic mass is 10.4. The number of rotatable bonds is 0. The van der Waals surface area contributed by atoms with Gasteiger partial charge in [-0.1, -0.05) is 36.4 Å². The Labute approximate surface area is 96.1 Å². The minimum Gasteiger partial charge on any atom is -0.353 e. The maximum atomic E-state index is 4.72. The highest BCUT2D eigenvalue weighted by Crippen LogP contribution is 1.86. The number of hydrogen-bond donors (Lipinski definition) is 0. The van der Waals surface area contributed by atoms with Gasteiger partial charge in [0, 0.05) is 0 Å². The second-order valence-electron chi connectivity index (χ2n) is 3.02. The molecule has 0 radical (unpaired) electrons. The Hall–Kier alpha value is -0.940. The lowest BCUT2D eigenvalue weighted by Gasteiger charge is -1.76. The van der Waals surface area contributed by atoms with E-state index in [-0.39, 0.29) is 0 Å². The van der Waals surface area contributed by atoms with Crippen LogP contribution in [0.4, 0.5) is 0 Å². The van der Waals surface area contributed by atoms with Crippen LogP contribution < -0.4 is 0 Å². The van der Waals surface area contributed by atoms with Crippen LogP contribution in [0, 0.1) is 0 Å². The molecule has 16 heavy (non-hydrogen) atoms. The molecule has 4 heteroatoms. The normalized spacial score (nSPS) is 18.0.